The molecule has 12 rings (SSSR count). The number of rotatable bonds is 27. The summed E-state index contributed by atoms with van der Waals surface area (Å²) in [5.41, 5.74) is 6.19. The Morgan fingerprint density at radius 1 is 0.350 bits per heavy atom. The highest BCUT2D eigenvalue weighted by Gasteiger charge is 2.26. The number of sulfonamides is 4. The van der Waals surface area contributed by atoms with Gasteiger partial charge in [-0.15, -0.1) is 47.0 Å². The Bertz CT molecular complexity index is 6230. The van der Waals surface area contributed by atoms with Gasteiger partial charge in [0.2, 0.25) is 0 Å². The summed E-state index contributed by atoms with van der Waals surface area (Å²) in [5, 5.41) is 84.3. The summed E-state index contributed by atoms with van der Waals surface area (Å²) in [6.45, 7) is 32.0. The van der Waals surface area contributed by atoms with Crippen LogP contribution in [0.1, 0.15) is 82.2 Å². The van der Waals surface area contributed by atoms with Gasteiger partial charge >= 0.3 is 0 Å². The summed E-state index contributed by atoms with van der Waals surface area (Å²) >= 11 is 4.71. The second-order valence-electron chi connectivity index (χ2n) is 29.1. The van der Waals surface area contributed by atoms with Gasteiger partial charge in [-0.2, -0.15) is 0 Å². The van der Waals surface area contributed by atoms with Crippen molar-refractivity contribution in [3.8, 4) is 23.0 Å². The minimum absolute atomic E-state index is 0.0309. The molecule has 0 bridgehead atoms. The van der Waals surface area contributed by atoms with Gasteiger partial charge in [-0.1, -0.05) is 214 Å². The second-order valence-corrected chi connectivity index (χ2v) is 39.9. The Morgan fingerprint density at radius 2 is 0.641 bits per heavy atom. The summed E-state index contributed by atoms with van der Waals surface area (Å²) in [5.74, 6) is 1.40. The lowest BCUT2D eigenvalue weighted by Crippen LogP contribution is -2.15. The number of thioether (sulfide) groups is 4. The summed E-state index contributed by atoms with van der Waals surface area (Å²) in [6.07, 6.45) is 0.789. The topological polar surface area (TPSA) is 347 Å². The molecule has 0 fully saturated rings. The van der Waals surface area contributed by atoms with Crippen LogP contribution in [0.25, 0.3) is 43.1 Å². The molecule has 12 N–H and O–H groups in total. The predicted molar refractivity (Wildman–Crippen MR) is 482 cm³/mol. The number of aryl methyl sites for hydroxylation is 2. The molecule has 0 saturated carbocycles. The van der Waals surface area contributed by atoms with E-state index in [4.69, 9.17) is 0 Å². The molecule has 0 unspecified atom stereocenters. The third kappa shape index (κ3) is 23.6. The normalized spacial score (nSPS) is 11.8. The maximum absolute atomic E-state index is 13.1. The molecular formula is C89H94N4O16S8. The molecule has 0 saturated heterocycles. The van der Waals surface area contributed by atoms with E-state index in [-0.39, 0.29) is 100.0 Å². The van der Waals surface area contributed by atoms with Crippen molar-refractivity contribution in [1.82, 2.24) is 0 Å². The molecule has 0 aliphatic carbocycles. The van der Waals surface area contributed by atoms with Crippen molar-refractivity contribution >= 4 is 153 Å². The quantitative estimate of drug-likeness (QED) is 0.0129. The molecule has 0 amide bonds. The maximum Gasteiger partial charge on any atom is 0.261 e. The number of phenolic OH excluding ortho intramolecular Hbond substituents is 4. The molecule has 0 radical (unpaired) electrons. The molecule has 0 atom stereocenters. The van der Waals surface area contributed by atoms with Gasteiger partial charge in [-0.05, 0) is 138 Å². The van der Waals surface area contributed by atoms with Crippen molar-refractivity contribution in [2.24, 2.45) is 5.92 Å². The second kappa shape index (κ2) is 38.7. The average Bonchev–Trinajstić information content (AvgIpc) is 0.788. The van der Waals surface area contributed by atoms with Gasteiger partial charge in [-0.3, -0.25) is 18.9 Å². The lowest BCUT2D eigenvalue weighted by molar-refractivity contribution is 0.419. The van der Waals surface area contributed by atoms with E-state index in [1.54, 1.807) is 188 Å². The number of phenols is 4. The molecule has 0 heterocycles. The Balaban J connectivity index is 0.000000178. The number of fused-ring (bicyclic) bond motifs is 4. The van der Waals surface area contributed by atoms with Gasteiger partial charge in [0.25, 0.3) is 40.1 Å². The van der Waals surface area contributed by atoms with Crippen LogP contribution in [-0.4, -0.2) is 97.5 Å². The Hall–Kier alpha value is -10.6. The van der Waals surface area contributed by atoms with Gasteiger partial charge in [0.1, 0.15) is 23.0 Å². The minimum atomic E-state index is -3.84. The van der Waals surface area contributed by atoms with Gasteiger partial charge in [0, 0.05) is 43.1 Å². The van der Waals surface area contributed by atoms with Gasteiger partial charge < -0.3 is 40.9 Å². The highest BCUT2D eigenvalue weighted by Crippen LogP contribution is 2.46. The van der Waals surface area contributed by atoms with Crippen molar-refractivity contribution in [1.29, 1.82) is 0 Å². The average molecular weight is 1730 g/mol. The number of hydrogen-bond donors (Lipinski definition) is 12. The zero-order chi connectivity index (χ0) is 85.6. The Kier molecular flexibility index (Phi) is 29.9. The van der Waals surface area contributed by atoms with Crippen LogP contribution in [0.2, 0.25) is 0 Å². The standard InChI is InChI=1S/2C23H25NO4S2.C22H23NO4S2.C21H21NO4S2/c1-15(25)14-29-21-13-20(18-7-5-6-8-19(18)22(21)26)24-30(27,28)17-11-9-16(10-12-17)23(2,3)4;1-15(2)11-17-7-6-8-18(12-17)30(27,28)24-21-13-22(29-14-16(3)25)23(26)20-10-5-4-9-19(20)21;1-14(2)16-7-6-8-17(11-16)29(26,27)23-20-12-21(28-13-15(3)24)22(25)19-10-5-4-9-18(19)20;1-13-8-9-16(10-14(13)2)28(25,26)22-19-11-20(27-12-15(3)23)21(24)18-7-5-4-6-17(18)19/h5-13,24-26H,1,14H2,2-4H3;4-10,12-13,15,24-26H,3,11,14H2,1-2H3;4-12,14,23-25H,3,13H2,1-2H3;4-11,22-24H,3,12H2,1-2H3. The third-order valence-corrected chi connectivity index (χ3v) is 27.9. The minimum Gasteiger partial charge on any atom is -0.512 e. The van der Waals surface area contributed by atoms with Crippen LogP contribution in [-0.2, 0) is 51.9 Å². The first-order valence-corrected chi connectivity index (χ1v) is 46.4. The van der Waals surface area contributed by atoms with Gasteiger partial charge in [-0.25, -0.2) is 33.7 Å². The van der Waals surface area contributed by atoms with Crippen LogP contribution >= 0.6 is 47.0 Å². The fourth-order valence-corrected chi connectivity index (χ4v) is 19.5. The molecule has 614 valence electrons. The molecular weight excluding hydrogens is 1640 g/mol. The van der Waals surface area contributed by atoms with E-state index in [1.807, 2.05) is 52.0 Å². The molecule has 117 heavy (non-hydrogen) atoms. The van der Waals surface area contributed by atoms with Crippen molar-refractivity contribution < 1.29 is 74.5 Å². The fraction of sp³-hybridized carbons (Fsp3) is 0.191. The number of hydrogen-bond acceptors (Lipinski definition) is 20. The number of aliphatic hydroxyl groups is 4. The number of aromatic hydroxyl groups is 4. The van der Waals surface area contributed by atoms with E-state index in [9.17, 15) is 74.5 Å². The molecule has 12 aromatic carbocycles. The van der Waals surface area contributed by atoms with Crippen molar-refractivity contribution in [3.05, 3.63) is 289 Å². The lowest BCUT2D eigenvalue weighted by atomic mass is 9.87. The fourth-order valence-electron chi connectivity index (χ4n) is 11.9. The number of anilines is 4. The number of benzene rings is 12. The van der Waals surface area contributed by atoms with Gasteiger partial charge in [0.15, 0.2) is 0 Å². The molecule has 20 nitrogen and oxygen atoms in total. The highest BCUT2D eigenvalue weighted by atomic mass is 32.2. The summed E-state index contributed by atoms with van der Waals surface area (Å²) < 4.78 is 115. The Labute approximate surface area is 701 Å². The number of aliphatic hydroxyl groups excluding tert-OH is 4. The van der Waals surface area contributed by atoms with Crippen LogP contribution in [0.3, 0.4) is 0 Å². The van der Waals surface area contributed by atoms with Crippen LogP contribution in [0.15, 0.2) is 301 Å². The largest absolute Gasteiger partial charge is 0.512 e. The molecule has 12 aromatic rings. The van der Waals surface area contributed by atoms with Gasteiger partial charge in [0.05, 0.1) is 108 Å². The summed E-state index contributed by atoms with van der Waals surface area (Å²) in [4.78, 5) is 2.50. The zero-order valence-corrected chi connectivity index (χ0v) is 72.4. The molecule has 0 aromatic heterocycles. The molecule has 0 aliphatic rings. The van der Waals surface area contributed by atoms with Crippen LogP contribution < -0.4 is 18.9 Å². The SMILES string of the molecule is C=C(O)CSc1cc(NS(=O)(=O)c2ccc(C(C)(C)C)cc2)c2ccccc2c1O.C=C(O)CSc1cc(NS(=O)(=O)c2ccc(C)c(C)c2)c2ccccc2c1O.C=C(O)CSc1cc(NS(=O)(=O)c2cccc(C(C)C)c2)c2ccccc2c1O.C=C(O)CSc1cc(NS(=O)(=O)c2cccc(CC(C)C)c2)c2ccccc2c1O. The first-order chi connectivity index (χ1) is 55.0. The third-order valence-electron chi connectivity index (χ3n) is 18.0. The van der Waals surface area contributed by atoms with Crippen molar-refractivity contribution in [2.45, 2.75) is 119 Å². The summed E-state index contributed by atoms with van der Waals surface area (Å²) in [7, 11) is -15.3. The predicted octanol–water partition coefficient (Wildman–Crippen LogP) is 22.3. The van der Waals surface area contributed by atoms with Crippen LogP contribution in [0.5, 0.6) is 23.0 Å². The lowest BCUT2D eigenvalue weighted by Gasteiger charge is -2.19. The molecule has 0 spiro atoms. The van der Waals surface area contributed by atoms with E-state index < -0.39 is 40.1 Å². The van der Waals surface area contributed by atoms with E-state index in [0.29, 0.717) is 91.3 Å². The maximum atomic E-state index is 13.1. The van der Waals surface area contributed by atoms with E-state index in [1.165, 1.54) is 47.0 Å². The molecule has 28 heteroatoms. The first kappa shape index (κ1) is 90.4. The monoisotopic (exact) mass is 1730 g/mol. The van der Waals surface area contributed by atoms with E-state index >= 15 is 0 Å². The van der Waals surface area contributed by atoms with Crippen molar-refractivity contribution in [2.75, 3.05) is 41.9 Å². The van der Waals surface area contributed by atoms with Crippen molar-refractivity contribution in [3.63, 3.8) is 0 Å². The smallest absolute Gasteiger partial charge is 0.261 e. The van der Waals surface area contributed by atoms with Crippen LogP contribution in [0, 0.1) is 19.8 Å². The van der Waals surface area contributed by atoms with E-state index in [2.05, 4.69) is 79.8 Å². The first-order valence-electron chi connectivity index (χ1n) is 36.5. The van der Waals surface area contributed by atoms with E-state index in [0.717, 1.165) is 34.2 Å². The Morgan fingerprint density at radius 3 is 0.940 bits per heavy atom. The zero-order valence-electron chi connectivity index (χ0n) is 65.8. The number of nitrogens with one attached hydrogen (secondary N) is 4. The van der Waals surface area contributed by atoms with Crippen LogP contribution in [0.4, 0.5) is 22.7 Å². The molecule has 0 aliphatic heterocycles. The summed E-state index contributed by atoms with van der Waals surface area (Å²) in [6, 6.07) is 60.0. The highest BCUT2D eigenvalue weighted by molar-refractivity contribution is 8.00.